The third kappa shape index (κ3) is 4.13. The van der Waals surface area contributed by atoms with Crippen molar-refractivity contribution in [2.45, 2.75) is 27.2 Å². The van der Waals surface area contributed by atoms with E-state index in [0.717, 1.165) is 6.42 Å². The monoisotopic (exact) mass is 142 g/mol. The number of carboxylic acid groups (broad SMARTS) is 1. The highest BCUT2D eigenvalue weighted by molar-refractivity contribution is 5.79. The summed E-state index contributed by atoms with van der Waals surface area (Å²) >= 11 is 0. The van der Waals surface area contributed by atoms with Crippen LogP contribution in [0.15, 0.2) is 12.2 Å². The van der Waals surface area contributed by atoms with Gasteiger partial charge in [0.05, 0.1) is 0 Å². The van der Waals surface area contributed by atoms with E-state index in [4.69, 9.17) is 5.11 Å². The molecule has 0 saturated carbocycles. The van der Waals surface area contributed by atoms with Crippen molar-refractivity contribution in [1.29, 1.82) is 0 Å². The quantitative estimate of drug-likeness (QED) is 0.612. The summed E-state index contributed by atoms with van der Waals surface area (Å²) in [6.07, 6.45) is 3.87. The Hall–Kier alpha value is -0.790. The minimum absolute atomic E-state index is 0.0123. The van der Waals surface area contributed by atoms with Crippen LogP contribution in [0, 0.1) is 5.41 Å². The SMILES string of the molecule is CCC(C)(C)/C=C/C(=O)O. The van der Waals surface area contributed by atoms with Gasteiger partial charge in [-0.1, -0.05) is 26.8 Å². The Morgan fingerprint density at radius 2 is 2.10 bits per heavy atom. The molecule has 0 saturated heterocycles. The van der Waals surface area contributed by atoms with Crippen molar-refractivity contribution in [3.05, 3.63) is 12.2 Å². The lowest BCUT2D eigenvalue weighted by molar-refractivity contribution is -0.131. The zero-order valence-electron chi connectivity index (χ0n) is 6.72. The maximum atomic E-state index is 10.1. The molecule has 10 heavy (non-hydrogen) atoms. The van der Waals surface area contributed by atoms with E-state index in [2.05, 4.69) is 0 Å². The first-order chi connectivity index (χ1) is 4.48. The first-order valence-electron chi connectivity index (χ1n) is 3.40. The molecule has 2 nitrogen and oxygen atoms in total. The summed E-state index contributed by atoms with van der Waals surface area (Å²) in [5.74, 6) is -0.874. The third-order valence-electron chi connectivity index (χ3n) is 1.59. The first-order valence-corrected chi connectivity index (χ1v) is 3.40. The second-order valence-corrected chi connectivity index (χ2v) is 3.01. The molecule has 0 aromatic carbocycles. The highest BCUT2D eigenvalue weighted by Crippen LogP contribution is 2.20. The van der Waals surface area contributed by atoms with Crippen LogP contribution >= 0.6 is 0 Å². The van der Waals surface area contributed by atoms with Gasteiger partial charge in [0.2, 0.25) is 0 Å². The molecule has 0 spiro atoms. The molecule has 0 aliphatic carbocycles. The number of hydrogen-bond donors (Lipinski definition) is 1. The lowest BCUT2D eigenvalue weighted by Gasteiger charge is -2.15. The normalized spacial score (nSPS) is 12.3. The molecule has 0 bridgehead atoms. The lowest BCUT2D eigenvalue weighted by atomic mass is 9.90. The van der Waals surface area contributed by atoms with E-state index in [1.807, 2.05) is 20.8 Å². The Labute approximate surface area is 61.6 Å². The average Bonchev–Trinajstić information content (AvgIpc) is 1.85. The molecule has 0 fully saturated rings. The van der Waals surface area contributed by atoms with Crippen molar-refractivity contribution < 1.29 is 9.90 Å². The van der Waals surface area contributed by atoms with Crippen molar-refractivity contribution in [2.24, 2.45) is 5.41 Å². The topological polar surface area (TPSA) is 37.3 Å². The standard InChI is InChI=1S/C8H14O2/c1-4-8(2,3)6-5-7(9)10/h5-6H,4H2,1-3H3,(H,9,10)/b6-5+. The van der Waals surface area contributed by atoms with Crippen LogP contribution in [0.2, 0.25) is 0 Å². The Morgan fingerprint density at radius 3 is 2.40 bits per heavy atom. The Kier molecular flexibility index (Phi) is 3.13. The van der Waals surface area contributed by atoms with Gasteiger partial charge in [-0.15, -0.1) is 0 Å². The zero-order valence-corrected chi connectivity index (χ0v) is 6.72. The molecular weight excluding hydrogens is 128 g/mol. The minimum atomic E-state index is -0.874. The molecule has 58 valence electrons. The van der Waals surface area contributed by atoms with Gasteiger partial charge in [-0.25, -0.2) is 4.79 Å². The van der Waals surface area contributed by atoms with Crippen molar-refractivity contribution in [1.82, 2.24) is 0 Å². The molecule has 0 aliphatic rings. The fourth-order valence-corrected chi connectivity index (χ4v) is 0.415. The summed E-state index contributed by atoms with van der Waals surface area (Å²) in [5, 5.41) is 8.29. The van der Waals surface area contributed by atoms with Gasteiger partial charge in [0.15, 0.2) is 0 Å². The summed E-state index contributed by atoms with van der Waals surface area (Å²) in [6.45, 7) is 6.05. The van der Waals surface area contributed by atoms with Crippen molar-refractivity contribution in [2.75, 3.05) is 0 Å². The maximum Gasteiger partial charge on any atom is 0.327 e. The molecule has 0 radical (unpaired) electrons. The second-order valence-electron chi connectivity index (χ2n) is 3.01. The van der Waals surface area contributed by atoms with Crippen molar-refractivity contribution >= 4 is 5.97 Å². The smallest absolute Gasteiger partial charge is 0.327 e. The van der Waals surface area contributed by atoms with E-state index in [-0.39, 0.29) is 5.41 Å². The molecule has 0 atom stereocenters. The number of hydrogen-bond acceptors (Lipinski definition) is 1. The highest BCUT2D eigenvalue weighted by Gasteiger charge is 2.09. The zero-order chi connectivity index (χ0) is 8.20. The van der Waals surface area contributed by atoms with Crippen molar-refractivity contribution in [3.8, 4) is 0 Å². The van der Waals surface area contributed by atoms with Crippen LogP contribution in [0.25, 0.3) is 0 Å². The first kappa shape index (κ1) is 9.21. The van der Waals surface area contributed by atoms with Gasteiger partial charge in [-0.3, -0.25) is 0 Å². The molecule has 0 aliphatic heterocycles. The van der Waals surface area contributed by atoms with Gasteiger partial charge < -0.3 is 5.11 Å². The van der Waals surface area contributed by atoms with Gasteiger partial charge >= 0.3 is 5.97 Å². The van der Waals surface area contributed by atoms with E-state index in [1.54, 1.807) is 6.08 Å². The Balaban J connectivity index is 3.99. The van der Waals surface area contributed by atoms with Gasteiger partial charge in [-0.2, -0.15) is 0 Å². The Morgan fingerprint density at radius 1 is 1.60 bits per heavy atom. The molecule has 2 heteroatoms. The number of carboxylic acids is 1. The molecule has 0 amide bonds. The van der Waals surface area contributed by atoms with E-state index >= 15 is 0 Å². The van der Waals surface area contributed by atoms with Crippen LogP contribution < -0.4 is 0 Å². The van der Waals surface area contributed by atoms with Crippen LogP contribution in [-0.2, 0) is 4.79 Å². The molecule has 0 unspecified atom stereocenters. The van der Waals surface area contributed by atoms with Gasteiger partial charge in [0.1, 0.15) is 0 Å². The van der Waals surface area contributed by atoms with E-state index in [9.17, 15) is 4.79 Å². The summed E-state index contributed by atoms with van der Waals surface area (Å²) in [5.41, 5.74) is 0.0123. The second kappa shape index (κ2) is 3.40. The van der Waals surface area contributed by atoms with Crippen LogP contribution in [-0.4, -0.2) is 11.1 Å². The molecule has 0 aromatic rings. The predicted molar refractivity (Wildman–Crippen MR) is 40.8 cm³/mol. The minimum Gasteiger partial charge on any atom is -0.478 e. The third-order valence-corrected chi connectivity index (χ3v) is 1.59. The van der Waals surface area contributed by atoms with E-state index in [1.165, 1.54) is 6.08 Å². The molecule has 1 N–H and O–H groups in total. The maximum absolute atomic E-state index is 10.1. The van der Waals surface area contributed by atoms with Crippen LogP contribution in [0.1, 0.15) is 27.2 Å². The number of aliphatic carboxylic acids is 1. The van der Waals surface area contributed by atoms with Crippen LogP contribution in [0.3, 0.4) is 0 Å². The number of rotatable bonds is 3. The van der Waals surface area contributed by atoms with E-state index in [0.29, 0.717) is 0 Å². The van der Waals surface area contributed by atoms with E-state index < -0.39 is 5.97 Å². The molecule has 0 rings (SSSR count). The average molecular weight is 142 g/mol. The molecular formula is C8H14O2. The number of carbonyl (C=O) groups is 1. The Bertz CT molecular complexity index is 145. The summed E-state index contributed by atoms with van der Waals surface area (Å²) in [4.78, 5) is 10.1. The number of allylic oxidation sites excluding steroid dienone is 1. The molecule has 0 aromatic heterocycles. The van der Waals surface area contributed by atoms with Gasteiger partial charge in [0.25, 0.3) is 0 Å². The largest absolute Gasteiger partial charge is 0.478 e. The fraction of sp³-hybridized carbons (Fsp3) is 0.625. The predicted octanol–water partition coefficient (Wildman–Crippen LogP) is 2.06. The van der Waals surface area contributed by atoms with Gasteiger partial charge in [-0.05, 0) is 11.8 Å². The van der Waals surface area contributed by atoms with Gasteiger partial charge in [0, 0.05) is 6.08 Å². The summed E-state index contributed by atoms with van der Waals surface area (Å²) in [7, 11) is 0. The van der Waals surface area contributed by atoms with Crippen molar-refractivity contribution in [3.63, 3.8) is 0 Å². The highest BCUT2D eigenvalue weighted by atomic mass is 16.4. The summed E-state index contributed by atoms with van der Waals surface area (Å²) in [6, 6.07) is 0. The molecule has 0 heterocycles. The lowest BCUT2D eigenvalue weighted by Crippen LogP contribution is -2.05. The van der Waals surface area contributed by atoms with Crippen LogP contribution in [0.4, 0.5) is 0 Å². The van der Waals surface area contributed by atoms with Crippen LogP contribution in [0.5, 0.6) is 0 Å². The fourth-order valence-electron chi connectivity index (χ4n) is 0.415. The summed E-state index contributed by atoms with van der Waals surface area (Å²) < 4.78 is 0.